The van der Waals surface area contributed by atoms with Gasteiger partial charge in [0.2, 0.25) is 11.8 Å². The normalized spacial score (nSPS) is 22.3. The molecule has 5 rings (SSSR count). The smallest absolute Gasteiger partial charge is 0.410 e. The van der Waals surface area contributed by atoms with Crippen molar-refractivity contribution >= 4 is 34.7 Å². The molecule has 3 saturated heterocycles. The van der Waals surface area contributed by atoms with Crippen molar-refractivity contribution < 1.29 is 28.7 Å². The third kappa shape index (κ3) is 6.43. The van der Waals surface area contributed by atoms with E-state index in [1.807, 2.05) is 39.0 Å². The average molecular weight is 592 g/mol. The number of H-pyrrole nitrogens is 1. The lowest BCUT2D eigenvalue weighted by atomic mass is 9.76. The molecule has 0 radical (unpaired) electrons. The third-order valence-electron chi connectivity index (χ3n) is 8.82. The largest absolute Gasteiger partial charge is 0.496 e. The molecule has 3 fully saturated rings. The zero-order valence-electron chi connectivity index (χ0n) is 25.3. The highest BCUT2D eigenvalue weighted by Crippen LogP contribution is 2.44. The Balaban J connectivity index is 1.37. The number of nitrogens with one attached hydrogen (secondary N) is 3. The Kier molecular flexibility index (Phi) is 8.32. The maximum Gasteiger partial charge on any atom is 0.410 e. The van der Waals surface area contributed by atoms with Gasteiger partial charge in [0.05, 0.1) is 13.2 Å². The number of benzene rings is 1. The summed E-state index contributed by atoms with van der Waals surface area (Å²) in [7, 11) is 1.58. The van der Waals surface area contributed by atoms with Gasteiger partial charge in [0.15, 0.2) is 0 Å². The predicted molar refractivity (Wildman–Crippen MR) is 160 cm³/mol. The fraction of sp³-hybridized carbons (Fsp3) is 0.562. The third-order valence-corrected chi connectivity index (χ3v) is 8.82. The fourth-order valence-electron chi connectivity index (χ4n) is 6.52. The van der Waals surface area contributed by atoms with Gasteiger partial charge in [-0.2, -0.15) is 0 Å². The molecule has 3 atom stereocenters. The van der Waals surface area contributed by atoms with Crippen LogP contribution in [-0.2, 0) is 14.3 Å². The molecule has 43 heavy (non-hydrogen) atoms. The predicted octanol–water partition coefficient (Wildman–Crippen LogP) is 3.05. The van der Waals surface area contributed by atoms with Crippen LogP contribution in [0, 0.1) is 23.7 Å². The van der Waals surface area contributed by atoms with E-state index in [4.69, 9.17) is 15.9 Å². The van der Waals surface area contributed by atoms with E-state index in [9.17, 15) is 19.2 Å². The van der Waals surface area contributed by atoms with E-state index in [1.54, 1.807) is 23.0 Å². The Morgan fingerprint density at radius 3 is 2.60 bits per heavy atom. The molecule has 0 aliphatic carbocycles. The summed E-state index contributed by atoms with van der Waals surface area (Å²) >= 11 is 0. The van der Waals surface area contributed by atoms with Gasteiger partial charge in [-0.05, 0) is 76.5 Å². The van der Waals surface area contributed by atoms with Crippen LogP contribution in [0.25, 0.3) is 10.9 Å². The van der Waals surface area contributed by atoms with E-state index < -0.39 is 17.7 Å². The Morgan fingerprint density at radius 1 is 1.23 bits per heavy atom. The molecular formula is C32H41N5O6. The minimum Gasteiger partial charge on any atom is -0.496 e. The summed E-state index contributed by atoms with van der Waals surface area (Å²) < 4.78 is 11.0. The van der Waals surface area contributed by atoms with Crippen LogP contribution in [0.5, 0.6) is 5.75 Å². The molecule has 3 N–H and O–H groups in total. The van der Waals surface area contributed by atoms with Gasteiger partial charge in [-0.3, -0.25) is 14.4 Å². The summed E-state index contributed by atoms with van der Waals surface area (Å²) in [5.74, 6) is 2.32. The van der Waals surface area contributed by atoms with Gasteiger partial charge >= 0.3 is 6.09 Å². The van der Waals surface area contributed by atoms with Crippen molar-refractivity contribution in [2.45, 2.75) is 70.6 Å². The lowest BCUT2D eigenvalue weighted by Gasteiger charge is -2.39. The second kappa shape index (κ2) is 11.8. The molecule has 11 heteroatoms. The van der Waals surface area contributed by atoms with E-state index in [2.05, 4.69) is 21.5 Å². The first-order valence-electron chi connectivity index (χ1n) is 14.9. The van der Waals surface area contributed by atoms with Crippen LogP contribution in [0.1, 0.15) is 63.4 Å². The number of aromatic nitrogens is 1. The van der Waals surface area contributed by atoms with Crippen molar-refractivity contribution in [3.8, 4) is 18.1 Å². The number of rotatable bonds is 6. The van der Waals surface area contributed by atoms with Crippen molar-refractivity contribution in [2.75, 3.05) is 33.3 Å². The molecule has 3 aliphatic heterocycles. The van der Waals surface area contributed by atoms with Crippen LogP contribution in [-0.4, -0.2) is 89.6 Å². The molecule has 1 spiro atoms. The highest BCUT2D eigenvalue weighted by molar-refractivity contribution is 6.02. The van der Waals surface area contributed by atoms with Gasteiger partial charge in [0.1, 0.15) is 23.1 Å². The van der Waals surface area contributed by atoms with Crippen molar-refractivity contribution in [3.05, 3.63) is 30.0 Å². The topological polar surface area (TPSA) is 133 Å². The number of ether oxygens (including phenoxy) is 2. The van der Waals surface area contributed by atoms with Crippen LogP contribution in [0.3, 0.4) is 0 Å². The Labute approximate surface area is 252 Å². The first kappa shape index (κ1) is 30.3. The molecule has 3 aliphatic rings. The highest BCUT2D eigenvalue weighted by atomic mass is 16.6. The zero-order chi connectivity index (χ0) is 30.9. The maximum absolute atomic E-state index is 14.1. The minimum absolute atomic E-state index is 0.0582. The van der Waals surface area contributed by atoms with Crippen molar-refractivity contribution in [2.24, 2.45) is 11.3 Å². The van der Waals surface area contributed by atoms with Gasteiger partial charge in [-0.1, -0.05) is 12.0 Å². The lowest BCUT2D eigenvalue weighted by molar-refractivity contribution is -0.126. The standard InChI is InChI=1S/C32H41N5O6/c1-6-21(16-20-10-13-33-27(20)38)34-28(39)25-18-32(11-14-36(15-12-32)30(41)43-31(2,3)4)19-37(25)29(40)24-17-22-23(35-24)8-7-9-26(22)42-5/h1,7-9,17,20-21,25,35H,10-16,18-19H2,2-5H3,(H,33,38)(H,34,39). The summed E-state index contributed by atoms with van der Waals surface area (Å²) in [6.45, 7) is 7.41. The molecule has 0 bridgehead atoms. The number of amides is 4. The number of carbonyl (C=O) groups excluding carboxylic acids is 4. The van der Waals surface area contributed by atoms with Crippen LogP contribution in [0.2, 0.25) is 0 Å². The van der Waals surface area contributed by atoms with E-state index in [0.717, 1.165) is 10.9 Å². The van der Waals surface area contributed by atoms with Gasteiger partial charge in [-0.15, -0.1) is 6.42 Å². The fourth-order valence-corrected chi connectivity index (χ4v) is 6.52. The molecule has 2 aromatic rings. The maximum atomic E-state index is 14.1. The average Bonchev–Trinajstić information content (AvgIpc) is 3.68. The van der Waals surface area contributed by atoms with E-state index in [0.29, 0.717) is 69.7 Å². The Morgan fingerprint density at radius 2 is 1.98 bits per heavy atom. The van der Waals surface area contributed by atoms with Gasteiger partial charge in [0.25, 0.3) is 5.91 Å². The van der Waals surface area contributed by atoms with Crippen molar-refractivity contribution in [1.82, 2.24) is 25.4 Å². The monoisotopic (exact) mass is 591 g/mol. The molecule has 1 aromatic carbocycles. The SMILES string of the molecule is C#CC(CC1CCNC1=O)NC(=O)C1CC2(CCN(C(=O)OC(C)(C)C)CC2)CN1C(=O)c1cc2c(OC)cccc2[nH]1. The molecule has 0 saturated carbocycles. The minimum atomic E-state index is -0.762. The number of hydrogen-bond donors (Lipinski definition) is 3. The number of nitrogens with zero attached hydrogens (tertiary/aromatic N) is 2. The van der Waals surface area contributed by atoms with Crippen LogP contribution in [0.15, 0.2) is 24.3 Å². The molecule has 1 aromatic heterocycles. The number of terminal acetylenes is 1. The summed E-state index contributed by atoms with van der Waals surface area (Å²) in [5.41, 5.74) is 0.167. The second-order valence-corrected chi connectivity index (χ2v) is 13.0. The summed E-state index contributed by atoms with van der Waals surface area (Å²) in [5, 5.41) is 6.53. The second-order valence-electron chi connectivity index (χ2n) is 13.0. The molecular weight excluding hydrogens is 550 g/mol. The van der Waals surface area contributed by atoms with Crippen LogP contribution in [0.4, 0.5) is 4.79 Å². The number of fused-ring (bicyclic) bond motifs is 1. The molecule has 4 amide bonds. The van der Waals surface area contributed by atoms with Crippen molar-refractivity contribution in [3.63, 3.8) is 0 Å². The number of aromatic amines is 1. The quantitative estimate of drug-likeness (QED) is 0.443. The molecule has 230 valence electrons. The van der Waals surface area contributed by atoms with Gasteiger partial charge < -0.3 is 34.9 Å². The number of hydrogen-bond acceptors (Lipinski definition) is 6. The molecule has 3 unspecified atom stereocenters. The first-order valence-corrected chi connectivity index (χ1v) is 14.9. The Bertz CT molecular complexity index is 1440. The number of likely N-dealkylation sites (tertiary alicyclic amines) is 2. The van der Waals surface area contributed by atoms with E-state index >= 15 is 0 Å². The number of piperidine rings is 1. The van der Waals surface area contributed by atoms with Gasteiger partial charge in [0, 0.05) is 43.0 Å². The van der Waals surface area contributed by atoms with Crippen LogP contribution >= 0.6 is 0 Å². The highest BCUT2D eigenvalue weighted by Gasteiger charge is 2.51. The summed E-state index contributed by atoms with van der Waals surface area (Å²) in [6, 6.07) is 5.89. The molecule has 11 nitrogen and oxygen atoms in total. The molecule has 4 heterocycles. The Hall–Kier alpha value is -4.20. The summed E-state index contributed by atoms with van der Waals surface area (Å²) in [4.78, 5) is 59.3. The lowest BCUT2D eigenvalue weighted by Crippen LogP contribution is -2.49. The summed E-state index contributed by atoms with van der Waals surface area (Å²) in [6.07, 6.45) is 8.12. The number of carbonyl (C=O) groups is 4. The van der Waals surface area contributed by atoms with E-state index in [-0.39, 0.29) is 35.1 Å². The number of methoxy groups -OCH3 is 1. The van der Waals surface area contributed by atoms with Crippen LogP contribution < -0.4 is 15.4 Å². The first-order chi connectivity index (χ1) is 20.4. The van der Waals surface area contributed by atoms with Crippen molar-refractivity contribution in [1.29, 1.82) is 0 Å². The van der Waals surface area contributed by atoms with Gasteiger partial charge in [-0.25, -0.2) is 4.79 Å². The van der Waals surface area contributed by atoms with E-state index in [1.165, 1.54) is 0 Å². The zero-order valence-corrected chi connectivity index (χ0v) is 25.3.